The Hall–Kier alpha value is -1.36. The van der Waals surface area contributed by atoms with Crippen LogP contribution in [0.25, 0.3) is 0 Å². The molecular formula is C18H27NO3S. The van der Waals surface area contributed by atoms with Gasteiger partial charge in [0.1, 0.15) is 0 Å². The molecule has 0 unspecified atom stereocenters. The summed E-state index contributed by atoms with van der Waals surface area (Å²) in [5.41, 5.74) is 0. The summed E-state index contributed by atoms with van der Waals surface area (Å²) in [5, 5.41) is 3.19. The molecule has 128 valence electrons. The Morgan fingerprint density at radius 1 is 1.09 bits per heavy atom. The van der Waals surface area contributed by atoms with E-state index in [2.05, 4.69) is 5.32 Å². The first-order chi connectivity index (χ1) is 11.2. The van der Waals surface area contributed by atoms with Crippen molar-refractivity contribution >= 4 is 17.7 Å². The smallest absolute Gasteiger partial charge is 0.230 e. The lowest BCUT2D eigenvalue weighted by Crippen LogP contribution is -2.36. The van der Waals surface area contributed by atoms with Crippen LogP contribution in [0.4, 0.5) is 0 Å². The second-order valence-corrected chi connectivity index (χ2v) is 6.96. The average molecular weight is 337 g/mol. The third-order valence-corrected chi connectivity index (χ3v) is 5.19. The number of hydrogen-bond acceptors (Lipinski definition) is 4. The van der Waals surface area contributed by atoms with Gasteiger partial charge in [0, 0.05) is 10.9 Å². The molecule has 0 atom stereocenters. The van der Waals surface area contributed by atoms with Gasteiger partial charge in [-0.3, -0.25) is 4.79 Å². The summed E-state index contributed by atoms with van der Waals surface area (Å²) >= 11 is 1.53. The molecule has 1 saturated carbocycles. The van der Waals surface area contributed by atoms with E-state index in [4.69, 9.17) is 9.47 Å². The molecular weight excluding hydrogens is 310 g/mol. The number of hydrogen-bond donors (Lipinski definition) is 1. The summed E-state index contributed by atoms with van der Waals surface area (Å²) in [6, 6.07) is 6.09. The number of rotatable bonds is 6. The van der Waals surface area contributed by atoms with Crippen LogP contribution in [0.1, 0.15) is 44.9 Å². The molecule has 1 aromatic carbocycles. The standard InChI is InChI=1S/C18H27NO3S/c1-21-16-11-10-15(12-17(16)22-2)23-13-18(20)19-14-8-6-4-3-5-7-9-14/h10-12,14H,3-9,13H2,1-2H3,(H,19,20). The third kappa shape index (κ3) is 5.98. The second kappa shape index (κ2) is 9.71. The average Bonchev–Trinajstić information content (AvgIpc) is 2.55. The minimum absolute atomic E-state index is 0.121. The normalized spacial score (nSPS) is 16.3. The van der Waals surface area contributed by atoms with Crippen molar-refractivity contribution in [2.45, 2.75) is 55.9 Å². The van der Waals surface area contributed by atoms with Gasteiger partial charge < -0.3 is 14.8 Å². The van der Waals surface area contributed by atoms with E-state index in [-0.39, 0.29) is 5.91 Å². The fourth-order valence-electron chi connectivity index (χ4n) is 2.93. The number of benzene rings is 1. The molecule has 0 heterocycles. The molecule has 0 bridgehead atoms. The quantitative estimate of drug-likeness (QED) is 0.796. The Bertz CT molecular complexity index is 499. The molecule has 1 amide bonds. The summed E-state index contributed by atoms with van der Waals surface area (Å²) in [6.45, 7) is 0. The number of carbonyl (C=O) groups is 1. The maximum Gasteiger partial charge on any atom is 0.230 e. The van der Waals surface area contributed by atoms with Crippen molar-refractivity contribution in [1.29, 1.82) is 0 Å². The van der Waals surface area contributed by atoms with Crippen LogP contribution >= 0.6 is 11.8 Å². The molecule has 0 aliphatic heterocycles. The number of amides is 1. The highest BCUT2D eigenvalue weighted by Gasteiger charge is 2.14. The van der Waals surface area contributed by atoms with Crippen molar-refractivity contribution in [3.8, 4) is 11.5 Å². The molecule has 0 radical (unpaired) electrons. The van der Waals surface area contributed by atoms with Crippen molar-refractivity contribution in [3.05, 3.63) is 18.2 Å². The van der Waals surface area contributed by atoms with Gasteiger partial charge in [-0.2, -0.15) is 0 Å². The number of methoxy groups -OCH3 is 2. The molecule has 23 heavy (non-hydrogen) atoms. The first-order valence-electron chi connectivity index (χ1n) is 8.37. The molecule has 1 N–H and O–H groups in total. The summed E-state index contributed by atoms with van der Waals surface area (Å²) in [5.74, 6) is 1.95. The van der Waals surface area contributed by atoms with Gasteiger partial charge in [0.25, 0.3) is 0 Å². The molecule has 1 aliphatic rings. The Morgan fingerprint density at radius 3 is 2.39 bits per heavy atom. The molecule has 1 aromatic rings. The summed E-state index contributed by atoms with van der Waals surface area (Å²) < 4.78 is 10.5. The Kier molecular flexibility index (Phi) is 7.59. The van der Waals surface area contributed by atoms with Gasteiger partial charge in [0.15, 0.2) is 11.5 Å². The van der Waals surface area contributed by atoms with Crippen LogP contribution in [-0.4, -0.2) is 31.9 Å². The molecule has 0 spiro atoms. The molecule has 2 rings (SSSR count). The van der Waals surface area contributed by atoms with E-state index in [1.807, 2.05) is 18.2 Å². The second-order valence-electron chi connectivity index (χ2n) is 5.92. The zero-order valence-corrected chi connectivity index (χ0v) is 14.9. The number of nitrogens with one attached hydrogen (secondary N) is 1. The molecule has 1 fully saturated rings. The van der Waals surface area contributed by atoms with E-state index in [1.165, 1.54) is 43.9 Å². The van der Waals surface area contributed by atoms with E-state index < -0.39 is 0 Å². The van der Waals surface area contributed by atoms with Crippen LogP contribution in [0.15, 0.2) is 23.1 Å². The van der Waals surface area contributed by atoms with Crippen molar-refractivity contribution in [3.63, 3.8) is 0 Å². The predicted octanol–water partition coefficient (Wildman–Crippen LogP) is 4.03. The highest BCUT2D eigenvalue weighted by molar-refractivity contribution is 8.00. The van der Waals surface area contributed by atoms with Crippen LogP contribution in [0, 0.1) is 0 Å². The van der Waals surface area contributed by atoms with Crippen LogP contribution in [-0.2, 0) is 4.79 Å². The van der Waals surface area contributed by atoms with Crippen molar-refractivity contribution in [2.75, 3.05) is 20.0 Å². The summed E-state index contributed by atoms with van der Waals surface area (Å²) in [7, 11) is 3.24. The van der Waals surface area contributed by atoms with Crippen LogP contribution in [0.5, 0.6) is 11.5 Å². The SMILES string of the molecule is COc1ccc(SCC(=O)NC2CCCCCCC2)cc1OC. The highest BCUT2D eigenvalue weighted by Crippen LogP contribution is 2.31. The first kappa shape index (κ1) is 18.0. The maximum absolute atomic E-state index is 12.2. The van der Waals surface area contributed by atoms with Crippen LogP contribution in [0.2, 0.25) is 0 Å². The summed E-state index contributed by atoms with van der Waals surface area (Å²) in [6.07, 6.45) is 8.64. The third-order valence-electron chi connectivity index (χ3n) is 4.20. The van der Waals surface area contributed by atoms with E-state index in [1.54, 1.807) is 14.2 Å². The lowest BCUT2D eigenvalue weighted by Gasteiger charge is -2.21. The Morgan fingerprint density at radius 2 is 1.74 bits per heavy atom. The Balaban J connectivity index is 1.81. The van der Waals surface area contributed by atoms with Gasteiger partial charge in [-0.05, 0) is 31.0 Å². The van der Waals surface area contributed by atoms with Gasteiger partial charge in [-0.15, -0.1) is 11.8 Å². The van der Waals surface area contributed by atoms with Crippen LogP contribution < -0.4 is 14.8 Å². The first-order valence-corrected chi connectivity index (χ1v) is 9.35. The molecule has 4 nitrogen and oxygen atoms in total. The molecule has 0 saturated heterocycles. The topological polar surface area (TPSA) is 47.6 Å². The monoisotopic (exact) mass is 337 g/mol. The van der Waals surface area contributed by atoms with Gasteiger partial charge in [0.2, 0.25) is 5.91 Å². The van der Waals surface area contributed by atoms with Gasteiger partial charge in [-0.1, -0.05) is 32.1 Å². The zero-order chi connectivity index (χ0) is 16.5. The minimum atomic E-state index is 0.121. The molecule has 5 heteroatoms. The van der Waals surface area contributed by atoms with Gasteiger partial charge in [0.05, 0.1) is 20.0 Å². The minimum Gasteiger partial charge on any atom is -0.493 e. The van der Waals surface area contributed by atoms with Crippen molar-refractivity contribution in [2.24, 2.45) is 0 Å². The van der Waals surface area contributed by atoms with E-state index in [0.29, 0.717) is 23.3 Å². The predicted molar refractivity (Wildman–Crippen MR) is 94.5 cm³/mol. The highest BCUT2D eigenvalue weighted by atomic mass is 32.2. The van der Waals surface area contributed by atoms with E-state index in [9.17, 15) is 4.79 Å². The zero-order valence-electron chi connectivity index (χ0n) is 14.1. The molecule has 1 aliphatic carbocycles. The fraction of sp³-hybridized carbons (Fsp3) is 0.611. The lowest BCUT2D eigenvalue weighted by atomic mass is 9.97. The maximum atomic E-state index is 12.2. The van der Waals surface area contributed by atoms with Crippen molar-refractivity contribution < 1.29 is 14.3 Å². The molecule has 0 aromatic heterocycles. The number of thioether (sulfide) groups is 1. The fourth-order valence-corrected chi connectivity index (χ4v) is 3.66. The van der Waals surface area contributed by atoms with Crippen molar-refractivity contribution in [1.82, 2.24) is 5.32 Å². The van der Waals surface area contributed by atoms with E-state index in [0.717, 1.165) is 17.7 Å². The van der Waals surface area contributed by atoms with Crippen LogP contribution in [0.3, 0.4) is 0 Å². The van der Waals surface area contributed by atoms with Gasteiger partial charge >= 0.3 is 0 Å². The largest absolute Gasteiger partial charge is 0.493 e. The summed E-state index contributed by atoms with van der Waals surface area (Å²) in [4.78, 5) is 13.2. The van der Waals surface area contributed by atoms with Gasteiger partial charge in [-0.25, -0.2) is 0 Å². The lowest BCUT2D eigenvalue weighted by molar-refractivity contribution is -0.119. The number of carbonyl (C=O) groups excluding carboxylic acids is 1. The van der Waals surface area contributed by atoms with E-state index >= 15 is 0 Å². The Labute approximate surface area is 143 Å². The number of ether oxygens (including phenoxy) is 2.